The molecule has 2 aromatic heterocycles. The highest BCUT2D eigenvalue weighted by molar-refractivity contribution is 7.09. The van der Waals surface area contributed by atoms with Crippen LogP contribution in [0.1, 0.15) is 17.3 Å². The van der Waals surface area contributed by atoms with Crippen molar-refractivity contribution >= 4 is 11.3 Å². The SMILES string of the molecule is c1ccc(-c2csc(CNCC3CCc4nncn4C3)n2)cc1. The minimum Gasteiger partial charge on any atom is -0.317 e. The van der Waals surface area contributed by atoms with E-state index >= 15 is 0 Å². The number of benzene rings is 1. The van der Waals surface area contributed by atoms with Crippen molar-refractivity contribution in [3.63, 3.8) is 0 Å². The highest BCUT2D eigenvalue weighted by Gasteiger charge is 2.19. The molecule has 118 valence electrons. The van der Waals surface area contributed by atoms with E-state index in [0.29, 0.717) is 5.92 Å². The fourth-order valence-corrected chi connectivity index (χ4v) is 3.78. The standard InChI is InChI=1S/C17H19N5S/c1-2-4-14(5-3-1)15-11-23-17(20-15)9-18-8-13-6-7-16-21-19-12-22(16)10-13/h1-5,11-13,18H,6-10H2. The van der Waals surface area contributed by atoms with Gasteiger partial charge in [-0.25, -0.2) is 4.98 Å². The Labute approximate surface area is 139 Å². The molecule has 0 aliphatic carbocycles. The molecule has 0 radical (unpaired) electrons. The summed E-state index contributed by atoms with van der Waals surface area (Å²) in [5, 5.41) is 14.9. The van der Waals surface area contributed by atoms with E-state index < -0.39 is 0 Å². The Balaban J connectivity index is 1.30. The maximum Gasteiger partial charge on any atom is 0.132 e. The molecule has 0 saturated heterocycles. The molecule has 23 heavy (non-hydrogen) atoms. The van der Waals surface area contributed by atoms with Gasteiger partial charge >= 0.3 is 0 Å². The molecule has 3 aromatic rings. The Bertz CT molecular complexity index is 764. The number of fused-ring (bicyclic) bond motifs is 1. The average molecular weight is 325 g/mol. The number of rotatable bonds is 5. The van der Waals surface area contributed by atoms with Crippen LogP contribution in [-0.2, 0) is 19.5 Å². The van der Waals surface area contributed by atoms with Gasteiger partial charge in [-0.05, 0) is 12.3 Å². The van der Waals surface area contributed by atoms with E-state index in [1.54, 1.807) is 11.3 Å². The van der Waals surface area contributed by atoms with Gasteiger partial charge in [0, 0.05) is 37.0 Å². The lowest BCUT2D eigenvalue weighted by Gasteiger charge is -2.23. The number of thiazole rings is 1. The lowest BCUT2D eigenvalue weighted by molar-refractivity contribution is 0.347. The summed E-state index contributed by atoms with van der Waals surface area (Å²) >= 11 is 1.72. The molecular weight excluding hydrogens is 306 g/mol. The summed E-state index contributed by atoms with van der Waals surface area (Å²) in [5.41, 5.74) is 2.25. The molecule has 0 amide bonds. The van der Waals surface area contributed by atoms with Gasteiger partial charge in [-0.2, -0.15) is 0 Å². The summed E-state index contributed by atoms with van der Waals surface area (Å²) in [6.07, 6.45) is 4.05. The van der Waals surface area contributed by atoms with E-state index in [0.717, 1.165) is 42.6 Å². The maximum atomic E-state index is 4.72. The Morgan fingerprint density at radius 1 is 1.26 bits per heavy atom. The first-order chi connectivity index (χ1) is 11.4. The van der Waals surface area contributed by atoms with Crippen molar-refractivity contribution in [3.8, 4) is 11.3 Å². The molecule has 3 heterocycles. The van der Waals surface area contributed by atoms with Crippen molar-refractivity contribution in [2.75, 3.05) is 6.54 Å². The molecule has 1 unspecified atom stereocenters. The van der Waals surface area contributed by atoms with Gasteiger partial charge < -0.3 is 9.88 Å². The van der Waals surface area contributed by atoms with E-state index in [-0.39, 0.29) is 0 Å². The number of hydrogen-bond donors (Lipinski definition) is 1. The second-order valence-electron chi connectivity index (χ2n) is 5.93. The van der Waals surface area contributed by atoms with Gasteiger partial charge in [0.15, 0.2) is 0 Å². The lowest BCUT2D eigenvalue weighted by atomic mass is 9.99. The smallest absolute Gasteiger partial charge is 0.132 e. The second kappa shape index (κ2) is 6.60. The van der Waals surface area contributed by atoms with Crippen LogP contribution < -0.4 is 5.32 Å². The van der Waals surface area contributed by atoms with Gasteiger partial charge in [0.25, 0.3) is 0 Å². The largest absolute Gasteiger partial charge is 0.317 e. The van der Waals surface area contributed by atoms with Crippen LogP contribution in [-0.4, -0.2) is 26.3 Å². The van der Waals surface area contributed by atoms with Crippen molar-refractivity contribution in [1.29, 1.82) is 0 Å². The van der Waals surface area contributed by atoms with Crippen molar-refractivity contribution in [1.82, 2.24) is 25.1 Å². The summed E-state index contributed by atoms with van der Waals surface area (Å²) < 4.78 is 2.17. The molecule has 0 fully saturated rings. The fourth-order valence-electron chi connectivity index (χ4n) is 3.01. The molecule has 1 N–H and O–H groups in total. The molecule has 5 nitrogen and oxygen atoms in total. The minimum atomic E-state index is 0.645. The van der Waals surface area contributed by atoms with Gasteiger partial charge in [0.05, 0.1) is 5.69 Å². The zero-order valence-corrected chi connectivity index (χ0v) is 13.7. The van der Waals surface area contributed by atoms with E-state index in [1.165, 1.54) is 12.0 Å². The number of hydrogen-bond acceptors (Lipinski definition) is 5. The van der Waals surface area contributed by atoms with Crippen LogP contribution in [0.4, 0.5) is 0 Å². The molecule has 0 bridgehead atoms. The van der Waals surface area contributed by atoms with Crippen LogP contribution in [0, 0.1) is 5.92 Å². The third-order valence-electron chi connectivity index (χ3n) is 4.26. The average Bonchev–Trinajstić information content (AvgIpc) is 3.24. The van der Waals surface area contributed by atoms with Crippen LogP contribution in [0.3, 0.4) is 0 Å². The van der Waals surface area contributed by atoms with Crippen molar-refractivity contribution in [2.24, 2.45) is 5.92 Å². The van der Waals surface area contributed by atoms with Crippen molar-refractivity contribution in [2.45, 2.75) is 25.9 Å². The number of aryl methyl sites for hydroxylation is 1. The van der Waals surface area contributed by atoms with E-state index in [2.05, 4.69) is 49.7 Å². The molecule has 1 aromatic carbocycles. The van der Waals surface area contributed by atoms with Crippen LogP contribution >= 0.6 is 11.3 Å². The molecule has 4 rings (SSSR count). The zero-order chi connectivity index (χ0) is 15.5. The quantitative estimate of drug-likeness (QED) is 0.784. The second-order valence-corrected chi connectivity index (χ2v) is 6.87. The van der Waals surface area contributed by atoms with Gasteiger partial charge in [-0.1, -0.05) is 30.3 Å². The molecule has 1 atom stereocenters. The van der Waals surface area contributed by atoms with E-state index in [4.69, 9.17) is 4.98 Å². The van der Waals surface area contributed by atoms with Gasteiger partial charge in [-0.15, -0.1) is 21.5 Å². The molecular formula is C17H19N5S. The van der Waals surface area contributed by atoms with Gasteiger partial charge in [0.1, 0.15) is 17.2 Å². The van der Waals surface area contributed by atoms with Crippen molar-refractivity contribution in [3.05, 3.63) is 52.9 Å². The summed E-state index contributed by atoms with van der Waals surface area (Å²) in [6, 6.07) is 10.3. The van der Waals surface area contributed by atoms with Crippen LogP contribution in [0.5, 0.6) is 0 Å². The van der Waals surface area contributed by atoms with Crippen molar-refractivity contribution < 1.29 is 0 Å². The maximum absolute atomic E-state index is 4.72. The Hall–Kier alpha value is -2.05. The van der Waals surface area contributed by atoms with E-state index in [9.17, 15) is 0 Å². The molecule has 0 spiro atoms. The highest BCUT2D eigenvalue weighted by Crippen LogP contribution is 2.22. The topological polar surface area (TPSA) is 55.6 Å². The Morgan fingerprint density at radius 3 is 3.09 bits per heavy atom. The summed E-state index contributed by atoms with van der Waals surface area (Å²) in [5.74, 6) is 1.76. The highest BCUT2D eigenvalue weighted by atomic mass is 32.1. The van der Waals surface area contributed by atoms with Gasteiger partial charge in [-0.3, -0.25) is 0 Å². The fraction of sp³-hybridized carbons (Fsp3) is 0.353. The first-order valence-corrected chi connectivity index (χ1v) is 8.83. The number of nitrogens with zero attached hydrogens (tertiary/aromatic N) is 4. The van der Waals surface area contributed by atoms with Crippen LogP contribution in [0.2, 0.25) is 0 Å². The van der Waals surface area contributed by atoms with Gasteiger partial charge in [0.2, 0.25) is 0 Å². The molecule has 1 aliphatic rings. The predicted molar refractivity (Wildman–Crippen MR) is 91.1 cm³/mol. The normalized spacial score (nSPS) is 17.1. The molecule has 6 heteroatoms. The third-order valence-corrected chi connectivity index (χ3v) is 5.11. The first-order valence-electron chi connectivity index (χ1n) is 7.96. The zero-order valence-electron chi connectivity index (χ0n) is 12.9. The molecule has 0 saturated carbocycles. The summed E-state index contributed by atoms with van der Waals surface area (Å²) in [7, 11) is 0. The minimum absolute atomic E-state index is 0.645. The Kier molecular flexibility index (Phi) is 4.17. The summed E-state index contributed by atoms with van der Waals surface area (Å²) in [6.45, 7) is 2.86. The molecule has 1 aliphatic heterocycles. The third kappa shape index (κ3) is 3.33. The predicted octanol–water partition coefficient (Wildman–Crippen LogP) is 2.75. The number of nitrogens with one attached hydrogen (secondary N) is 1. The summed E-state index contributed by atoms with van der Waals surface area (Å²) in [4.78, 5) is 4.72. The van der Waals surface area contributed by atoms with Crippen LogP contribution in [0.25, 0.3) is 11.3 Å². The lowest BCUT2D eigenvalue weighted by Crippen LogP contribution is -2.29. The van der Waals surface area contributed by atoms with E-state index in [1.807, 2.05) is 12.4 Å². The monoisotopic (exact) mass is 325 g/mol. The first kappa shape index (κ1) is 14.5. The number of aromatic nitrogens is 4. The van der Waals surface area contributed by atoms with Crippen LogP contribution in [0.15, 0.2) is 42.0 Å². The Morgan fingerprint density at radius 2 is 2.17 bits per heavy atom.